The average molecular weight is 159 g/mol. The van der Waals surface area contributed by atoms with Gasteiger partial charge < -0.3 is 0 Å². The zero-order valence-electron chi connectivity index (χ0n) is 6.86. The van der Waals surface area contributed by atoms with E-state index in [0.29, 0.717) is 0 Å². The topological polar surface area (TPSA) is 30.7 Å². The SMILES string of the molecule is C=Cn1nc2ccc(C)cc2n1. The molecule has 0 unspecified atom stereocenters. The third-order valence-corrected chi connectivity index (χ3v) is 1.71. The second-order valence-corrected chi connectivity index (χ2v) is 2.70. The van der Waals surface area contributed by atoms with Crippen molar-refractivity contribution in [3.05, 3.63) is 30.3 Å². The van der Waals surface area contributed by atoms with Gasteiger partial charge in [0.2, 0.25) is 0 Å². The number of benzene rings is 1. The van der Waals surface area contributed by atoms with Crippen LogP contribution in [0.5, 0.6) is 0 Å². The molecule has 1 heterocycles. The maximum Gasteiger partial charge on any atom is 0.113 e. The van der Waals surface area contributed by atoms with E-state index in [0.717, 1.165) is 11.0 Å². The van der Waals surface area contributed by atoms with Gasteiger partial charge in [0.25, 0.3) is 0 Å². The average Bonchev–Trinajstić information content (AvgIpc) is 2.46. The minimum absolute atomic E-state index is 0.903. The Hall–Kier alpha value is -1.64. The molecular formula is C9H9N3. The van der Waals surface area contributed by atoms with Crippen LogP contribution in [0, 0.1) is 6.92 Å². The lowest BCUT2D eigenvalue weighted by atomic mass is 10.2. The summed E-state index contributed by atoms with van der Waals surface area (Å²) < 4.78 is 0. The summed E-state index contributed by atoms with van der Waals surface area (Å²) in [4.78, 5) is 1.48. The van der Waals surface area contributed by atoms with E-state index in [-0.39, 0.29) is 0 Å². The van der Waals surface area contributed by atoms with E-state index in [1.54, 1.807) is 6.20 Å². The molecule has 1 aromatic heterocycles. The van der Waals surface area contributed by atoms with Gasteiger partial charge >= 0.3 is 0 Å². The summed E-state index contributed by atoms with van der Waals surface area (Å²) in [5, 5.41) is 8.34. The van der Waals surface area contributed by atoms with Gasteiger partial charge in [0.05, 0.1) is 0 Å². The molecule has 0 aliphatic rings. The number of rotatable bonds is 1. The molecule has 0 spiro atoms. The maximum absolute atomic E-state index is 4.18. The predicted octanol–water partition coefficient (Wildman–Crippen LogP) is 1.84. The molecule has 0 N–H and O–H groups in total. The Bertz CT molecular complexity index is 428. The summed E-state index contributed by atoms with van der Waals surface area (Å²) in [6, 6.07) is 5.98. The van der Waals surface area contributed by atoms with Crippen molar-refractivity contribution in [3.63, 3.8) is 0 Å². The van der Waals surface area contributed by atoms with E-state index in [1.165, 1.54) is 10.4 Å². The van der Waals surface area contributed by atoms with Crippen LogP contribution < -0.4 is 0 Å². The van der Waals surface area contributed by atoms with E-state index in [4.69, 9.17) is 0 Å². The summed E-state index contributed by atoms with van der Waals surface area (Å²) in [6.45, 7) is 5.62. The molecule has 0 aliphatic carbocycles. The number of nitrogens with zero attached hydrogens (tertiary/aromatic N) is 3. The zero-order chi connectivity index (χ0) is 8.55. The van der Waals surface area contributed by atoms with E-state index >= 15 is 0 Å². The molecule has 0 atom stereocenters. The minimum atomic E-state index is 0.903. The molecule has 0 saturated heterocycles. The highest BCUT2D eigenvalue weighted by Crippen LogP contribution is 2.10. The highest BCUT2D eigenvalue weighted by Gasteiger charge is 1.98. The fraction of sp³-hybridized carbons (Fsp3) is 0.111. The first-order valence-corrected chi connectivity index (χ1v) is 3.75. The Balaban J connectivity index is 2.75. The van der Waals surface area contributed by atoms with Crippen LogP contribution in [0.15, 0.2) is 24.8 Å². The minimum Gasteiger partial charge on any atom is -0.158 e. The van der Waals surface area contributed by atoms with E-state index in [2.05, 4.69) is 16.8 Å². The molecule has 0 bridgehead atoms. The molecular weight excluding hydrogens is 150 g/mol. The van der Waals surface area contributed by atoms with Gasteiger partial charge in [-0.15, -0.1) is 10.2 Å². The Morgan fingerprint density at radius 2 is 2.08 bits per heavy atom. The van der Waals surface area contributed by atoms with Crippen LogP contribution in [-0.4, -0.2) is 15.0 Å². The Labute approximate surface area is 70.3 Å². The first kappa shape index (κ1) is 7.03. The lowest BCUT2D eigenvalue weighted by Gasteiger charge is -1.86. The summed E-state index contributed by atoms with van der Waals surface area (Å²) >= 11 is 0. The number of aromatic nitrogens is 3. The third kappa shape index (κ3) is 0.993. The molecule has 0 aliphatic heterocycles. The molecule has 12 heavy (non-hydrogen) atoms. The molecule has 0 radical (unpaired) electrons. The molecule has 3 heteroatoms. The van der Waals surface area contributed by atoms with Gasteiger partial charge in [0.1, 0.15) is 11.0 Å². The molecule has 2 aromatic rings. The van der Waals surface area contributed by atoms with Crippen LogP contribution >= 0.6 is 0 Å². The van der Waals surface area contributed by atoms with Crippen LogP contribution in [0.1, 0.15) is 5.56 Å². The number of fused-ring (bicyclic) bond motifs is 1. The van der Waals surface area contributed by atoms with Gasteiger partial charge in [0, 0.05) is 6.20 Å². The van der Waals surface area contributed by atoms with Crippen LogP contribution in [0.3, 0.4) is 0 Å². The Morgan fingerprint density at radius 3 is 2.83 bits per heavy atom. The fourth-order valence-corrected chi connectivity index (χ4v) is 1.12. The standard InChI is InChI=1S/C9H9N3/c1-3-12-10-8-5-4-7(2)6-9(8)11-12/h3-6H,1H2,2H3. The third-order valence-electron chi connectivity index (χ3n) is 1.71. The zero-order valence-corrected chi connectivity index (χ0v) is 6.86. The van der Waals surface area contributed by atoms with Crippen molar-refractivity contribution in [1.82, 2.24) is 15.0 Å². The molecule has 0 saturated carbocycles. The van der Waals surface area contributed by atoms with Crippen LogP contribution in [0.25, 0.3) is 17.2 Å². The summed E-state index contributed by atoms with van der Waals surface area (Å²) in [7, 11) is 0. The van der Waals surface area contributed by atoms with Crippen molar-refractivity contribution >= 4 is 17.2 Å². The summed E-state index contributed by atoms with van der Waals surface area (Å²) in [5.41, 5.74) is 3.01. The monoisotopic (exact) mass is 159 g/mol. The van der Waals surface area contributed by atoms with E-state index in [9.17, 15) is 0 Å². The van der Waals surface area contributed by atoms with Crippen molar-refractivity contribution < 1.29 is 0 Å². The summed E-state index contributed by atoms with van der Waals surface area (Å²) in [5.74, 6) is 0. The second kappa shape index (κ2) is 2.44. The van der Waals surface area contributed by atoms with Crippen molar-refractivity contribution in [2.45, 2.75) is 6.92 Å². The van der Waals surface area contributed by atoms with Crippen LogP contribution in [0.4, 0.5) is 0 Å². The predicted molar refractivity (Wildman–Crippen MR) is 48.7 cm³/mol. The maximum atomic E-state index is 4.18. The van der Waals surface area contributed by atoms with Gasteiger partial charge in [0.15, 0.2) is 0 Å². The number of hydrogen-bond donors (Lipinski definition) is 0. The number of aryl methyl sites for hydroxylation is 1. The van der Waals surface area contributed by atoms with Gasteiger partial charge in [-0.05, 0) is 24.6 Å². The van der Waals surface area contributed by atoms with E-state index < -0.39 is 0 Å². The molecule has 2 rings (SSSR count). The number of hydrogen-bond acceptors (Lipinski definition) is 2. The molecule has 3 nitrogen and oxygen atoms in total. The normalized spacial score (nSPS) is 10.4. The van der Waals surface area contributed by atoms with Gasteiger partial charge in [-0.25, -0.2) is 0 Å². The molecule has 1 aromatic carbocycles. The first-order chi connectivity index (χ1) is 5.79. The van der Waals surface area contributed by atoms with Crippen LogP contribution in [0.2, 0.25) is 0 Å². The lowest BCUT2D eigenvalue weighted by molar-refractivity contribution is 0.813. The van der Waals surface area contributed by atoms with Crippen LogP contribution in [-0.2, 0) is 0 Å². The van der Waals surface area contributed by atoms with Gasteiger partial charge in [-0.2, -0.15) is 4.80 Å². The van der Waals surface area contributed by atoms with Crippen molar-refractivity contribution in [2.24, 2.45) is 0 Å². The van der Waals surface area contributed by atoms with Gasteiger partial charge in [-0.3, -0.25) is 0 Å². The largest absolute Gasteiger partial charge is 0.158 e. The van der Waals surface area contributed by atoms with Crippen molar-refractivity contribution in [3.8, 4) is 0 Å². The Morgan fingerprint density at radius 1 is 1.33 bits per heavy atom. The molecule has 60 valence electrons. The lowest BCUT2D eigenvalue weighted by Crippen LogP contribution is -1.88. The molecule has 0 amide bonds. The summed E-state index contributed by atoms with van der Waals surface area (Å²) in [6.07, 6.45) is 1.58. The van der Waals surface area contributed by atoms with Crippen molar-refractivity contribution in [2.75, 3.05) is 0 Å². The smallest absolute Gasteiger partial charge is 0.113 e. The highest BCUT2D eigenvalue weighted by atomic mass is 15.5. The second-order valence-electron chi connectivity index (χ2n) is 2.70. The van der Waals surface area contributed by atoms with Gasteiger partial charge in [-0.1, -0.05) is 12.6 Å². The van der Waals surface area contributed by atoms with Crippen molar-refractivity contribution in [1.29, 1.82) is 0 Å². The fourth-order valence-electron chi connectivity index (χ4n) is 1.12. The van der Waals surface area contributed by atoms with E-state index in [1.807, 2.05) is 25.1 Å². The highest BCUT2D eigenvalue weighted by molar-refractivity contribution is 5.74. The first-order valence-electron chi connectivity index (χ1n) is 3.75. The molecule has 0 fully saturated rings. The quantitative estimate of drug-likeness (QED) is 0.635. The Kier molecular flexibility index (Phi) is 1.43.